The third-order valence-corrected chi connectivity index (χ3v) is 6.59. The lowest BCUT2D eigenvalue weighted by atomic mass is 9.93. The van der Waals surface area contributed by atoms with Crippen LogP contribution in [-0.4, -0.2) is 58.8 Å². The lowest BCUT2D eigenvalue weighted by Crippen LogP contribution is -2.56. The number of ether oxygens (including phenoxy) is 1. The van der Waals surface area contributed by atoms with Gasteiger partial charge < -0.3 is 25.4 Å². The molecule has 0 radical (unpaired) electrons. The highest BCUT2D eigenvalue weighted by Crippen LogP contribution is 2.27. The number of aryl methyl sites for hydroxylation is 2. The normalized spacial score (nSPS) is 16.2. The molecule has 0 spiro atoms. The smallest absolute Gasteiger partial charge is 0.408 e. The number of alkyl carbamates (subject to hydrolysis) is 1. The number of rotatable bonds is 9. The van der Waals surface area contributed by atoms with Crippen LogP contribution in [0.1, 0.15) is 89.5 Å². The summed E-state index contributed by atoms with van der Waals surface area (Å²) >= 11 is 0. The Balaban J connectivity index is 2.44. The van der Waals surface area contributed by atoms with Crippen LogP contribution < -0.4 is 10.6 Å². The number of hydrogen-bond donors (Lipinski definition) is 3. The number of aliphatic hydroxyl groups excluding tert-OH is 1. The maximum atomic E-state index is 13.9. The number of nitrogens with one attached hydrogen (secondary N) is 2. The summed E-state index contributed by atoms with van der Waals surface area (Å²) in [5.74, 6) is -0.980. The van der Waals surface area contributed by atoms with E-state index >= 15 is 0 Å². The molecule has 0 bridgehead atoms. The van der Waals surface area contributed by atoms with E-state index in [2.05, 4.69) is 10.6 Å². The number of carbonyl (C=O) groups excluding carboxylic acids is 3. The number of nitrogens with zero attached hydrogens (tertiary/aromatic N) is 1. The molecule has 202 valence electrons. The molecule has 2 rings (SSSR count). The van der Waals surface area contributed by atoms with Crippen molar-refractivity contribution in [1.29, 1.82) is 0 Å². The predicted molar refractivity (Wildman–Crippen MR) is 140 cm³/mol. The first-order valence-corrected chi connectivity index (χ1v) is 13.1. The lowest BCUT2D eigenvalue weighted by Gasteiger charge is -2.36. The first-order chi connectivity index (χ1) is 16.8. The molecule has 2 unspecified atom stereocenters. The fourth-order valence-corrected chi connectivity index (χ4v) is 4.54. The average molecular weight is 504 g/mol. The van der Waals surface area contributed by atoms with Gasteiger partial charge in [-0.25, -0.2) is 4.79 Å². The van der Waals surface area contributed by atoms with Crippen molar-refractivity contribution in [3.63, 3.8) is 0 Å². The fourth-order valence-electron chi connectivity index (χ4n) is 4.54. The molecule has 1 aromatic carbocycles. The monoisotopic (exact) mass is 503 g/mol. The van der Waals surface area contributed by atoms with Crippen molar-refractivity contribution in [3.8, 4) is 0 Å². The van der Waals surface area contributed by atoms with E-state index in [9.17, 15) is 19.5 Å². The quantitative estimate of drug-likeness (QED) is 0.469. The molecular formula is C28H45N3O5. The van der Waals surface area contributed by atoms with Crippen molar-refractivity contribution in [3.05, 3.63) is 34.9 Å². The summed E-state index contributed by atoms with van der Waals surface area (Å²) in [6.07, 6.45) is 4.41. The molecule has 3 N–H and O–H groups in total. The van der Waals surface area contributed by atoms with Gasteiger partial charge in [0.25, 0.3) is 0 Å². The van der Waals surface area contributed by atoms with E-state index in [4.69, 9.17) is 4.74 Å². The van der Waals surface area contributed by atoms with Crippen LogP contribution >= 0.6 is 0 Å². The zero-order chi connectivity index (χ0) is 27.0. The molecule has 8 nitrogen and oxygen atoms in total. The molecule has 0 heterocycles. The zero-order valence-corrected chi connectivity index (χ0v) is 23.0. The van der Waals surface area contributed by atoms with E-state index in [1.807, 2.05) is 45.9 Å². The highest BCUT2D eigenvalue weighted by Gasteiger charge is 2.38. The van der Waals surface area contributed by atoms with Crippen LogP contribution in [0.15, 0.2) is 18.2 Å². The molecule has 3 amide bonds. The Morgan fingerprint density at radius 1 is 1.08 bits per heavy atom. The molecule has 36 heavy (non-hydrogen) atoms. The van der Waals surface area contributed by atoms with Crippen molar-refractivity contribution in [1.82, 2.24) is 15.5 Å². The van der Waals surface area contributed by atoms with Gasteiger partial charge in [-0.15, -0.1) is 0 Å². The summed E-state index contributed by atoms with van der Waals surface area (Å²) in [6.45, 7) is 12.5. The Kier molecular flexibility index (Phi) is 10.8. The number of hydrogen-bond acceptors (Lipinski definition) is 5. The molecule has 1 aliphatic carbocycles. The third kappa shape index (κ3) is 8.50. The molecule has 8 heteroatoms. The summed E-state index contributed by atoms with van der Waals surface area (Å²) in [5.41, 5.74) is 2.04. The zero-order valence-electron chi connectivity index (χ0n) is 23.0. The number of benzene rings is 1. The highest BCUT2D eigenvalue weighted by molar-refractivity contribution is 5.92. The SMILES string of the molecule is Cc1ccc(C(C(=O)NC2CCCCC2)N(CCO)C(=O)C(NC(=O)OC(C)(C)C)C(C)C)cc1C. The molecule has 0 saturated heterocycles. The maximum Gasteiger partial charge on any atom is 0.408 e. The number of amides is 3. The second-order valence-electron chi connectivity index (χ2n) is 11.2. The van der Waals surface area contributed by atoms with E-state index in [1.165, 1.54) is 4.90 Å². The molecule has 1 aliphatic rings. The second-order valence-corrected chi connectivity index (χ2v) is 11.2. The van der Waals surface area contributed by atoms with Crippen LogP contribution in [0.3, 0.4) is 0 Å². The van der Waals surface area contributed by atoms with Gasteiger partial charge in [0.1, 0.15) is 17.7 Å². The van der Waals surface area contributed by atoms with E-state index in [0.717, 1.165) is 43.2 Å². The van der Waals surface area contributed by atoms with Crippen molar-refractivity contribution in [2.75, 3.05) is 13.2 Å². The van der Waals surface area contributed by atoms with Crippen molar-refractivity contribution in [2.45, 2.75) is 104 Å². The fraction of sp³-hybridized carbons (Fsp3) is 0.679. The summed E-state index contributed by atoms with van der Waals surface area (Å²) in [7, 11) is 0. The first-order valence-electron chi connectivity index (χ1n) is 13.1. The number of aliphatic hydroxyl groups is 1. The standard InChI is InChI=1S/C28H45N3O5/c1-18(2)23(30-27(35)36-28(5,6)7)26(34)31(15-16-32)24(21-14-13-19(3)20(4)17-21)25(33)29-22-11-9-8-10-12-22/h13-14,17-18,22-24,32H,8-12,15-16H2,1-7H3,(H,29,33)(H,30,35). The highest BCUT2D eigenvalue weighted by atomic mass is 16.6. The van der Waals surface area contributed by atoms with Gasteiger partial charge in [0, 0.05) is 12.6 Å². The van der Waals surface area contributed by atoms with Crippen molar-refractivity contribution < 1.29 is 24.2 Å². The van der Waals surface area contributed by atoms with Gasteiger partial charge in [-0.3, -0.25) is 9.59 Å². The molecule has 0 aromatic heterocycles. The topological polar surface area (TPSA) is 108 Å². The summed E-state index contributed by atoms with van der Waals surface area (Å²) in [6, 6.07) is 3.91. The van der Waals surface area contributed by atoms with Gasteiger partial charge >= 0.3 is 6.09 Å². The predicted octanol–water partition coefficient (Wildman–Crippen LogP) is 4.16. The van der Waals surface area contributed by atoms with Gasteiger partial charge in [-0.2, -0.15) is 0 Å². The Morgan fingerprint density at radius 3 is 2.25 bits per heavy atom. The molecule has 2 atom stereocenters. The lowest BCUT2D eigenvalue weighted by molar-refractivity contribution is -0.144. The second kappa shape index (κ2) is 13.1. The molecule has 1 saturated carbocycles. The molecule has 1 fully saturated rings. The molecular weight excluding hydrogens is 458 g/mol. The third-order valence-electron chi connectivity index (χ3n) is 6.59. The van der Waals surface area contributed by atoms with Gasteiger partial charge in [0.2, 0.25) is 11.8 Å². The van der Waals surface area contributed by atoms with Gasteiger partial charge in [0.05, 0.1) is 6.61 Å². The minimum absolute atomic E-state index is 0.0479. The molecule has 1 aromatic rings. The summed E-state index contributed by atoms with van der Waals surface area (Å²) in [5, 5.41) is 15.8. The van der Waals surface area contributed by atoms with Crippen LogP contribution in [0.5, 0.6) is 0 Å². The Hall–Kier alpha value is -2.61. The van der Waals surface area contributed by atoms with Crippen LogP contribution in [0.25, 0.3) is 0 Å². The van der Waals surface area contributed by atoms with Gasteiger partial charge in [0.15, 0.2) is 0 Å². The van der Waals surface area contributed by atoms with E-state index < -0.39 is 29.7 Å². The van der Waals surface area contributed by atoms with Crippen LogP contribution in [0, 0.1) is 19.8 Å². The minimum Gasteiger partial charge on any atom is -0.444 e. The van der Waals surface area contributed by atoms with Crippen LogP contribution in [0.2, 0.25) is 0 Å². The number of carbonyl (C=O) groups is 3. The first kappa shape index (κ1) is 29.6. The van der Waals surface area contributed by atoms with Crippen molar-refractivity contribution in [2.24, 2.45) is 5.92 Å². The summed E-state index contributed by atoms with van der Waals surface area (Å²) < 4.78 is 5.38. The Morgan fingerprint density at radius 2 is 1.72 bits per heavy atom. The Bertz CT molecular complexity index is 903. The van der Waals surface area contributed by atoms with E-state index in [-0.39, 0.29) is 31.0 Å². The van der Waals surface area contributed by atoms with Crippen LogP contribution in [0.4, 0.5) is 4.79 Å². The van der Waals surface area contributed by atoms with Crippen molar-refractivity contribution >= 4 is 17.9 Å². The minimum atomic E-state index is -0.937. The Labute approximate surface area is 216 Å². The van der Waals surface area contributed by atoms with Crippen LogP contribution in [-0.2, 0) is 14.3 Å². The van der Waals surface area contributed by atoms with E-state index in [1.54, 1.807) is 20.8 Å². The summed E-state index contributed by atoms with van der Waals surface area (Å²) in [4.78, 5) is 41.6. The molecule has 0 aliphatic heterocycles. The van der Waals surface area contributed by atoms with E-state index in [0.29, 0.717) is 5.56 Å². The average Bonchev–Trinajstić information content (AvgIpc) is 2.78. The van der Waals surface area contributed by atoms with Gasteiger partial charge in [-0.05, 0) is 70.1 Å². The largest absolute Gasteiger partial charge is 0.444 e. The maximum absolute atomic E-state index is 13.9. The van der Waals surface area contributed by atoms with Gasteiger partial charge in [-0.1, -0.05) is 51.3 Å².